The van der Waals surface area contributed by atoms with Crippen LogP contribution in [0.5, 0.6) is 5.75 Å². The van der Waals surface area contributed by atoms with Crippen LogP contribution in [0, 0.1) is 6.92 Å². The highest BCUT2D eigenvalue weighted by Gasteiger charge is 2.16. The smallest absolute Gasteiger partial charge is 0.274 e. The normalized spacial score (nSPS) is 14.7. The lowest BCUT2D eigenvalue weighted by Crippen LogP contribution is -2.25. The van der Waals surface area contributed by atoms with Gasteiger partial charge in [0.2, 0.25) is 0 Å². The average Bonchev–Trinajstić information content (AvgIpc) is 2.91. The van der Waals surface area contributed by atoms with Gasteiger partial charge in [0.05, 0.1) is 12.8 Å². The van der Waals surface area contributed by atoms with Gasteiger partial charge >= 0.3 is 0 Å². The van der Waals surface area contributed by atoms with Crippen molar-refractivity contribution in [3.05, 3.63) is 41.9 Å². The maximum absolute atomic E-state index is 12.6. The van der Waals surface area contributed by atoms with E-state index in [4.69, 9.17) is 4.74 Å². The van der Waals surface area contributed by atoms with E-state index in [0.717, 1.165) is 37.3 Å². The Kier molecular flexibility index (Phi) is 5.48. The summed E-state index contributed by atoms with van der Waals surface area (Å²) in [6, 6.07) is 7.43. The Morgan fingerprint density at radius 3 is 2.60 bits per heavy atom. The van der Waals surface area contributed by atoms with Crippen molar-refractivity contribution in [2.45, 2.75) is 32.6 Å². The SMILES string of the molecule is COc1ccc(C)cc1NC(=O)c1cc(N2CCCCCC2)ncn1. The van der Waals surface area contributed by atoms with Crippen molar-refractivity contribution < 1.29 is 9.53 Å². The number of aromatic nitrogens is 2. The zero-order valence-corrected chi connectivity index (χ0v) is 14.8. The first-order valence-electron chi connectivity index (χ1n) is 8.70. The van der Waals surface area contributed by atoms with E-state index in [1.165, 1.54) is 19.2 Å². The Labute approximate surface area is 148 Å². The lowest BCUT2D eigenvalue weighted by atomic mass is 10.2. The van der Waals surface area contributed by atoms with E-state index in [1.54, 1.807) is 13.2 Å². The molecule has 1 N–H and O–H groups in total. The molecule has 0 saturated carbocycles. The molecule has 0 spiro atoms. The Bertz CT molecular complexity index is 740. The molecule has 0 atom stereocenters. The van der Waals surface area contributed by atoms with Gasteiger partial charge in [0.15, 0.2) is 0 Å². The third-order valence-electron chi connectivity index (χ3n) is 4.42. The number of aryl methyl sites for hydroxylation is 1. The van der Waals surface area contributed by atoms with Crippen molar-refractivity contribution in [1.82, 2.24) is 9.97 Å². The van der Waals surface area contributed by atoms with Crippen molar-refractivity contribution >= 4 is 17.4 Å². The number of benzene rings is 1. The molecule has 1 saturated heterocycles. The van der Waals surface area contributed by atoms with Gasteiger partial charge in [-0.1, -0.05) is 18.9 Å². The minimum absolute atomic E-state index is 0.262. The number of nitrogens with one attached hydrogen (secondary N) is 1. The zero-order chi connectivity index (χ0) is 17.6. The van der Waals surface area contributed by atoms with Crippen molar-refractivity contribution in [3.8, 4) is 5.75 Å². The number of nitrogens with zero attached hydrogens (tertiary/aromatic N) is 3. The van der Waals surface area contributed by atoms with Gasteiger partial charge in [0.25, 0.3) is 5.91 Å². The van der Waals surface area contributed by atoms with E-state index in [2.05, 4.69) is 20.2 Å². The second-order valence-electron chi connectivity index (χ2n) is 6.32. The first-order chi connectivity index (χ1) is 12.2. The number of carbonyl (C=O) groups excluding carboxylic acids is 1. The minimum Gasteiger partial charge on any atom is -0.495 e. The molecule has 132 valence electrons. The summed E-state index contributed by atoms with van der Waals surface area (Å²) in [5, 5.41) is 2.89. The van der Waals surface area contributed by atoms with Crippen LogP contribution in [-0.4, -0.2) is 36.1 Å². The molecule has 0 unspecified atom stereocenters. The molecular formula is C19H24N4O2. The Morgan fingerprint density at radius 2 is 1.88 bits per heavy atom. The average molecular weight is 340 g/mol. The third kappa shape index (κ3) is 4.26. The van der Waals surface area contributed by atoms with Crippen LogP contribution >= 0.6 is 0 Å². The number of amides is 1. The van der Waals surface area contributed by atoms with Gasteiger partial charge in [-0.05, 0) is 37.5 Å². The Balaban J connectivity index is 1.78. The summed E-state index contributed by atoms with van der Waals surface area (Å²) in [6.07, 6.45) is 6.28. The second kappa shape index (κ2) is 7.96. The lowest BCUT2D eigenvalue weighted by Gasteiger charge is -2.21. The molecule has 2 aromatic rings. The summed E-state index contributed by atoms with van der Waals surface area (Å²) in [5.41, 5.74) is 2.05. The maximum Gasteiger partial charge on any atom is 0.274 e. The quantitative estimate of drug-likeness (QED) is 0.923. The van der Waals surface area contributed by atoms with E-state index >= 15 is 0 Å². The van der Waals surface area contributed by atoms with Crippen molar-refractivity contribution in [1.29, 1.82) is 0 Å². The highest BCUT2D eigenvalue weighted by atomic mass is 16.5. The van der Waals surface area contributed by atoms with Crippen LogP contribution < -0.4 is 15.0 Å². The van der Waals surface area contributed by atoms with Crippen molar-refractivity contribution in [3.63, 3.8) is 0 Å². The van der Waals surface area contributed by atoms with Gasteiger partial charge < -0.3 is 15.0 Å². The number of methoxy groups -OCH3 is 1. The van der Waals surface area contributed by atoms with Gasteiger partial charge in [-0.2, -0.15) is 0 Å². The molecule has 1 aliphatic rings. The van der Waals surface area contributed by atoms with Crippen LogP contribution in [0.15, 0.2) is 30.6 Å². The summed E-state index contributed by atoms with van der Waals surface area (Å²) in [5.74, 6) is 1.18. The molecule has 1 aromatic carbocycles. The summed E-state index contributed by atoms with van der Waals surface area (Å²) in [7, 11) is 1.59. The molecule has 1 aliphatic heterocycles. The van der Waals surface area contributed by atoms with Gasteiger partial charge in [-0.25, -0.2) is 9.97 Å². The van der Waals surface area contributed by atoms with Gasteiger partial charge in [0.1, 0.15) is 23.6 Å². The summed E-state index contributed by atoms with van der Waals surface area (Å²) < 4.78 is 5.31. The van der Waals surface area contributed by atoms with Crippen LogP contribution in [0.2, 0.25) is 0 Å². The highest BCUT2D eigenvalue weighted by Crippen LogP contribution is 2.26. The fourth-order valence-corrected chi connectivity index (χ4v) is 3.05. The Hall–Kier alpha value is -2.63. The van der Waals surface area contributed by atoms with Gasteiger partial charge in [-0.15, -0.1) is 0 Å². The van der Waals surface area contributed by atoms with E-state index < -0.39 is 0 Å². The molecule has 2 heterocycles. The summed E-state index contributed by atoms with van der Waals surface area (Å²) >= 11 is 0. The third-order valence-corrected chi connectivity index (χ3v) is 4.42. The second-order valence-corrected chi connectivity index (χ2v) is 6.32. The van der Waals surface area contributed by atoms with Crippen molar-refractivity contribution in [2.24, 2.45) is 0 Å². The predicted octanol–water partition coefficient (Wildman–Crippen LogP) is 3.43. The number of ether oxygens (including phenoxy) is 1. The molecule has 0 radical (unpaired) electrons. The first-order valence-corrected chi connectivity index (χ1v) is 8.70. The number of anilines is 2. The molecule has 0 aliphatic carbocycles. The minimum atomic E-state index is -0.262. The summed E-state index contributed by atoms with van der Waals surface area (Å²) in [6.45, 7) is 3.92. The van der Waals surface area contributed by atoms with E-state index in [-0.39, 0.29) is 5.91 Å². The van der Waals surface area contributed by atoms with Gasteiger partial charge in [0, 0.05) is 19.2 Å². The van der Waals surface area contributed by atoms with E-state index in [0.29, 0.717) is 17.1 Å². The van der Waals surface area contributed by atoms with E-state index in [9.17, 15) is 4.79 Å². The maximum atomic E-state index is 12.6. The number of hydrogen-bond donors (Lipinski definition) is 1. The molecule has 1 fully saturated rings. The largest absolute Gasteiger partial charge is 0.495 e. The fourth-order valence-electron chi connectivity index (χ4n) is 3.05. The molecule has 25 heavy (non-hydrogen) atoms. The van der Waals surface area contributed by atoms with Crippen molar-refractivity contribution in [2.75, 3.05) is 30.4 Å². The number of carbonyl (C=O) groups is 1. The van der Waals surface area contributed by atoms with Gasteiger partial charge in [-0.3, -0.25) is 4.79 Å². The molecular weight excluding hydrogens is 316 g/mol. The lowest BCUT2D eigenvalue weighted by molar-refractivity contribution is 0.102. The highest BCUT2D eigenvalue weighted by molar-refractivity contribution is 6.04. The topological polar surface area (TPSA) is 67.3 Å². The zero-order valence-electron chi connectivity index (χ0n) is 14.8. The van der Waals surface area contributed by atoms with E-state index in [1.807, 2.05) is 25.1 Å². The van der Waals surface area contributed by atoms with Crippen LogP contribution in [0.25, 0.3) is 0 Å². The van der Waals surface area contributed by atoms with Crippen LogP contribution in [-0.2, 0) is 0 Å². The Morgan fingerprint density at radius 1 is 1.12 bits per heavy atom. The number of hydrogen-bond acceptors (Lipinski definition) is 5. The standard InChI is InChI=1S/C19H24N4O2/c1-14-7-8-17(25-2)15(11-14)22-19(24)16-12-18(21-13-20-16)23-9-5-3-4-6-10-23/h7-8,11-13H,3-6,9-10H2,1-2H3,(H,22,24). The molecule has 6 nitrogen and oxygen atoms in total. The molecule has 1 aromatic heterocycles. The summed E-state index contributed by atoms with van der Waals surface area (Å²) in [4.78, 5) is 23.3. The molecule has 3 rings (SSSR count). The molecule has 6 heteroatoms. The van der Waals surface area contributed by atoms with Crippen LogP contribution in [0.4, 0.5) is 11.5 Å². The van der Waals surface area contributed by atoms with Crippen LogP contribution in [0.1, 0.15) is 41.7 Å². The monoisotopic (exact) mass is 340 g/mol. The molecule has 1 amide bonds. The predicted molar refractivity (Wildman–Crippen MR) is 98.4 cm³/mol. The first kappa shape index (κ1) is 17.2. The number of rotatable bonds is 4. The fraction of sp³-hybridized carbons (Fsp3) is 0.421. The van der Waals surface area contributed by atoms with Crippen LogP contribution in [0.3, 0.4) is 0 Å². The molecule has 0 bridgehead atoms.